The first-order chi connectivity index (χ1) is 12.5. The number of nitrogens with zero attached hydrogens (tertiary/aromatic N) is 2. The van der Waals surface area contributed by atoms with Crippen molar-refractivity contribution in [3.63, 3.8) is 0 Å². The Bertz CT molecular complexity index is 793. The SMILES string of the molecule is Cc1ccc(N2CCC3CCCCN3C2c2cc(Cl)cc(Cl)c2O)cc1. The van der Waals surface area contributed by atoms with Gasteiger partial charge in [0.2, 0.25) is 0 Å². The van der Waals surface area contributed by atoms with E-state index < -0.39 is 0 Å². The average Bonchev–Trinajstić information content (AvgIpc) is 2.64. The van der Waals surface area contributed by atoms with E-state index in [1.807, 2.05) is 6.07 Å². The molecule has 0 aliphatic carbocycles. The van der Waals surface area contributed by atoms with Crippen LogP contribution >= 0.6 is 23.2 Å². The molecule has 26 heavy (non-hydrogen) atoms. The van der Waals surface area contributed by atoms with Gasteiger partial charge in [0.15, 0.2) is 0 Å². The summed E-state index contributed by atoms with van der Waals surface area (Å²) in [6, 6.07) is 12.6. The van der Waals surface area contributed by atoms with Crippen LogP contribution < -0.4 is 4.90 Å². The van der Waals surface area contributed by atoms with E-state index in [-0.39, 0.29) is 11.9 Å². The molecule has 4 rings (SSSR count). The van der Waals surface area contributed by atoms with Crippen LogP contribution in [-0.4, -0.2) is 29.1 Å². The Morgan fingerprint density at radius 3 is 2.54 bits per heavy atom. The van der Waals surface area contributed by atoms with Gasteiger partial charge < -0.3 is 10.0 Å². The van der Waals surface area contributed by atoms with E-state index >= 15 is 0 Å². The third kappa shape index (κ3) is 3.28. The Kier molecular flexibility index (Phi) is 5.05. The third-order valence-electron chi connectivity index (χ3n) is 5.69. The molecular formula is C21H24Cl2N2O. The molecule has 3 nitrogen and oxygen atoms in total. The predicted molar refractivity (Wildman–Crippen MR) is 108 cm³/mol. The zero-order valence-electron chi connectivity index (χ0n) is 15.0. The maximum Gasteiger partial charge on any atom is 0.140 e. The van der Waals surface area contributed by atoms with Crippen molar-refractivity contribution in [2.24, 2.45) is 0 Å². The van der Waals surface area contributed by atoms with Gasteiger partial charge in [-0.05, 0) is 50.5 Å². The van der Waals surface area contributed by atoms with Crippen LogP contribution in [0.3, 0.4) is 0 Å². The van der Waals surface area contributed by atoms with Crippen LogP contribution in [0.5, 0.6) is 5.75 Å². The Morgan fingerprint density at radius 2 is 1.77 bits per heavy atom. The highest BCUT2D eigenvalue weighted by atomic mass is 35.5. The largest absolute Gasteiger partial charge is 0.506 e. The Morgan fingerprint density at radius 1 is 1.00 bits per heavy atom. The quantitative estimate of drug-likeness (QED) is 0.704. The topological polar surface area (TPSA) is 26.7 Å². The number of hydrogen-bond donors (Lipinski definition) is 1. The summed E-state index contributed by atoms with van der Waals surface area (Å²) >= 11 is 12.6. The van der Waals surface area contributed by atoms with Gasteiger partial charge in [0.05, 0.1) is 5.02 Å². The molecule has 2 saturated heterocycles. The zero-order valence-corrected chi connectivity index (χ0v) is 16.5. The molecule has 0 amide bonds. The normalized spacial score (nSPS) is 23.7. The molecule has 1 N–H and O–H groups in total. The molecule has 138 valence electrons. The molecular weight excluding hydrogens is 367 g/mol. The molecule has 0 saturated carbocycles. The Balaban J connectivity index is 1.81. The molecule has 2 aliphatic heterocycles. The Labute approximate surface area is 165 Å². The van der Waals surface area contributed by atoms with E-state index in [9.17, 15) is 5.11 Å². The van der Waals surface area contributed by atoms with Gasteiger partial charge in [-0.2, -0.15) is 0 Å². The molecule has 2 atom stereocenters. The van der Waals surface area contributed by atoms with E-state index in [1.54, 1.807) is 6.07 Å². The van der Waals surface area contributed by atoms with Gasteiger partial charge >= 0.3 is 0 Å². The lowest BCUT2D eigenvalue weighted by Gasteiger charge is -2.51. The molecule has 2 heterocycles. The van der Waals surface area contributed by atoms with Gasteiger partial charge in [-0.1, -0.05) is 47.3 Å². The van der Waals surface area contributed by atoms with E-state index in [0.29, 0.717) is 16.1 Å². The lowest BCUT2D eigenvalue weighted by Crippen LogP contribution is -2.54. The van der Waals surface area contributed by atoms with Crippen LogP contribution in [0.1, 0.15) is 43.0 Å². The molecule has 2 aliphatic rings. The summed E-state index contributed by atoms with van der Waals surface area (Å²) in [5, 5.41) is 11.6. The summed E-state index contributed by atoms with van der Waals surface area (Å²) in [6.07, 6.45) is 4.77. The first-order valence-electron chi connectivity index (χ1n) is 9.31. The molecule has 0 spiro atoms. The first-order valence-corrected chi connectivity index (χ1v) is 10.1. The van der Waals surface area contributed by atoms with E-state index in [4.69, 9.17) is 23.2 Å². The zero-order chi connectivity index (χ0) is 18.3. The number of benzene rings is 2. The molecule has 0 radical (unpaired) electrons. The number of aromatic hydroxyl groups is 1. The monoisotopic (exact) mass is 390 g/mol. The van der Waals surface area contributed by atoms with Crippen molar-refractivity contribution in [3.05, 3.63) is 57.6 Å². The van der Waals surface area contributed by atoms with Crippen LogP contribution in [0.25, 0.3) is 0 Å². The van der Waals surface area contributed by atoms with Crippen LogP contribution in [0.4, 0.5) is 5.69 Å². The number of phenols is 1. The second-order valence-corrected chi connectivity index (χ2v) is 8.25. The molecule has 2 unspecified atom stereocenters. The summed E-state index contributed by atoms with van der Waals surface area (Å²) in [6.45, 7) is 4.08. The summed E-state index contributed by atoms with van der Waals surface area (Å²) < 4.78 is 0. The van der Waals surface area contributed by atoms with Crippen molar-refractivity contribution >= 4 is 28.9 Å². The molecule has 2 aromatic carbocycles. The van der Waals surface area contributed by atoms with E-state index in [1.165, 1.54) is 30.5 Å². The highest BCUT2D eigenvalue weighted by Crippen LogP contribution is 2.44. The molecule has 5 heteroatoms. The summed E-state index contributed by atoms with van der Waals surface area (Å²) in [5.41, 5.74) is 3.21. The van der Waals surface area contributed by atoms with Crippen molar-refractivity contribution in [2.75, 3.05) is 18.0 Å². The highest BCUT2D eigenvalue weighted by Gasteiger charge is 2.39. The third-order valence-corrected chi connectivity index (χ3v) is 6.19. The van der Waals surface area contributed by atoms with E-state index in [2.05, 4.69) is 41.0 Å². The molecule has 2 fully saturated rings. The Hall–Kier alpha value is -1.42. The fourth-order valence-corrected chi connectivity index (χ4v) is 4.89. The number of rotatable bonds is 2. The lowest BCUT2D eigenvalue weighted by molar-refractivity contribution is 0.0604. The summed E-state index contributed by atoms with van der Waals surface area (Å²) in [4.78, 5) is 4.90. The van der Waals surface area contributed by atoms with Crippen molar-refractivity contribution in [3.8, 4) is 5.75 Å². The van der Waals surface area contributed by atoms with Gasteiger partial charge in [-0.3, -0.25) is 4.90 Å². The molecule has 0 bridgehead atoms. The van der Waals surface area contributed by atoms with Crippen molar-refractivity contribution < 1.29 is 5.11 Å². The van der Waals surface area contributed by atoms with Crippen molar-refractivity contribution in [2.45, 2.75) is 44.8 Å². The van der Waals surface area contributed by atoms with Crippen LogP contribution in [0.15, 0.2) is 36.4 Å². The fourth-order valence-electron chi connectivity index (χ4n) is 4.38. The van der Waals surface area contributed by atoms with Gasteiger partial charge in [0, 0.05) is 35.4 Å². The fraction of sp³-hybridized carbons (Fsp3) is 0.429. The van der Waals surface area contributed by atoms with E-state index in [0.717, 1.165) is 25.1 Å². The van der Waals surface area contributed by atoms with Crippen molar-refractivity contribution in [1.82, 2.24) is 4.90 Å². The van der Waals surface area contributed by atoms with Gasteiger partial charge in [0.1, 0.15) is 11.9 Å². The summed E-state index contributed by atoms with van der Waals surface area (Å²) in [5.74, 6) is 0.143. The lowest BCUT2D eigenvalue weighted by atomic mass is 9.92. The standard InChI is InChI=1S/C21H24Cl2N2O/c1-14-5-7-17(8-6-14)25-11-9-16-4-2-3-10-24(16)21(25)18-12-15(22)13-19(23)20(18)26/h5-8,12-13,16,21,26H,2-4,9-11H2,1H3. The van der Waals surface area contributed by atoms with Crippen LogP contribution in [-0.2, 0) is 0 Å². The van der Waals surface area contributed by atoms with Crippen molar-refractivity contribution in [1.29, 1.82) is 0 Å². The van der Waals surface area contributed by atoms with Gasteiger partial charge in [0.25, 0.3) is 0 Å². The van der Waals surface area contributed by atoms with Gasteiger partial charge in [-0.15, -0.1) is 0 Å². The maximum absolute atomic E-state index is 10.7. The summed E-state index contributed by atoms with van der Waals surface area (Å²) in [7, 11) is 0. The first kappa shape index (κ1) is 18.0. The molecule has 2 aromatic rings. The van der Waals surface area contributed by atoms with Gasteiger partial charge in [-0.25, -0.2) is 0 Å². The predicted octanol–water partition coefficient (Wildman–Crippen LogP) is 5.77. The molecule has 0 aromatic heterocycles. The van der Waals surface area contributed by atoms with Crippen LogP contribution in [0, 0.1) is 6.92 Å². The number of hydrogen-bond acceptors (Lipinski definition) is 3. The number of halogens is 2. The maximum atomic E-state index is 10.7. The second-order valence-electron chi connectivity index (χ2n) is 7.40. The number of aryl methyl sites for hydroxylation is 1. The number of phenolic OH excluding ortho intramolecular Hbond substituents is 1. The van der Waals surface area contributed by atoms with Crippen LogP contribution in [0.2, 0.25) is 10.0 Å². The highest BCUT2D eigenvalue weighted by molar-refractivity contribution is 6.35. The second kappa shape index (κ2) is 7.30. The average molecular weight is 391 g/mol. The smallest absolute Gasteiger partial charge is 0.140 e. The minimum Gasteiger partial charge on any atom is -0.506 e. The minimum atomic E-state index is -0.0482. The number of fused-ring (bicyclic) bond motifs is 1. The number of piperidine rings is 1. The minimum absolute atomic E-state index is 0.0482. The number of anilines is 1.